The van der Waals surface area contributed by atoms with Crippen LogP contribution in [0, 0.1) is 10.1 Å². The van der Waals surface area contributed by atoms with Crippen LogP contribution in [0.4, 0.5) is 16.2 Å². The van der Waals surface area contributed by atoms with E-state index < -0.39 is 4.92 Å². The maximum absolute atomic E-state index is 11.7. The maximum Gasteiger partial charge on any atom is 0.321 e. The van der Waals surface area contributed by atoms with Crippen molar-refractivity contribution >= 4 is 17.4 Å². The number of hydrogen-bond acceptors (Lipinski definition) is 4. The Hall–Kier alpha value is -2.15. The number of nitro groups is 1. The summed E-state index contributed by atoms with van der Waals surface area (Å²) in [5.41, 5.74) is 5.69. The van der Waals surface area contributed by atoms with Gasteiger partial charge in [0.2, 0.25) is 0 Å². The van der Waals surface area contributed by atoms with Crippen molar-refractivity contribution in [2.45, 2.75) is 6.42 Å². The lowest BCUT2D eigenvalue weighted by molar-refractivity contribution is -0.384. The van der Waals surface area contributed by atoms with Crippen LogP contribution >= 0.6 is 0 Å². The molecule has 7 heteroatoms. The number of nitrogens with one attached hydrogen (secondary N) is 1. The summed E-state index contributed by atoms with van der Waals surface area (Å²) >= 11 is 0. The fourth-order valence-corrected chi connectivity index (χ4v) is 1.35. The minimum absolute atomic E-state index is 0.0580. The van der Waals surface area contributed by atoms with Crippen LogP contribution in [0.2, 0.25) is 0 Å². The van der Waals surface area contributed by atoms with Crippen LogP contribution in [-0.4, -0.2) is 36.0 Å². The quantitative estimate of drug-likeness (QED) is 0.611. The summed E-state index contributed by atoms with van der Waals surface area (Å²) in [6.45, 7) is 1.05. The third-order valence-corrected chi connectivity index (χ3v) is 2.35. The predicted octanol–water partition coefficient (Wildman–Crippen LogP) is 1.41. The van der Waals surface area contributed by atoms with Gasteiger partial charge in [-0.3, -0.25) is 10.1 Å². The van der Waals surface area contributed by atoms with E-state index >= 15 is 0 Å². The Morgan fingerprint density at radius 3 is 2.89 bits per heavy atom. The van der Waals surface area contributed by atoms with E-state index in [0.717, 1.165) is 0 Å². The molecular formula is C11H16N4O3. The second-order valence-electron chi connectivity index (χ2n) is 3.80. The Balaban J connectivity index is 2.64. The first-order valence-electron chi connectivity index (χ1n) is 5.51. The number of nitrogens with two attached hydrogens (primary N) is 1. The second-order valence-corrected chi connectivity index (χ2v) is 3.80. The van der Waals surface area contributed by atoms with E-state index in [0.29, 0.717) is 25.2 Å². The Morgan fingerprint density at radius 2 is 2.28 bits per heavy atom. The summed E-state index contributed by atoms with van der Waals surface area (Å²) in [5.74, 6) is 0. The van der Waals surface area contributed by atoms with Crippen LogP contribution in [0.15, 0.2) is 24.3 Å². The number of benzene rings is 1. The third kappa shape index (κ3) is 4.02. The van der Waals surface area contributed by atoms with Crippen molar-refractivity contribution in [1.29, 1.82) is 0 Å². The summed E-state index contributed by atoms with van der Waals surface area (Å²) in [7, 11) is 1.64. The number of nitrogens with zero attached hydrogens (tertiary/aromatic N) is 2. The summed E-state index contributed by atoms with van der Waals surface area (Å²) < 4.78 is 0. The molecule has 98 valence electrons. The monoisotopic (exact) mass is 252 g/mol. The molecule has 0 fully saturated rings. The Kier molecular flexibility index (Phi) is 5.06. The summed E-state index contributed by atoms with van der Waals surface area (Å²) in [6, 6.07) is 5.49. The van der Waals surface area contributed by atoms with Crippen molar-refractivity contribution in [1.82, 2.24) is 4.90 Å². The molecule has 0 saturated heterocycles. The normalized spacial score (nSPS) is 9.89. The number of carbonyl (C=O) groups excluding carboxylic acids is 1. The lowest BCUT2D eigenvalue weighted by atomic mass is 10.3. The van der Waals surface area contributed by atoms with Gasteiger partial charge in [-0.1, -0.05) is 6.07 Å². The molecule has 0 aliphatic rings. The first-order valence-corrected chi connectivity index (χ1v) is 5.51. The largest absolute Gasteiger partial charge is 0.330 e. The SMILES string of the molecule is CN(CCCN)C(=O)Nc1cccc([N+](=O)[O-])c1. The molecule has 0 spiro atoms. The van der Waals surface area contributed by atoms with Crippen molar-refractivity contribution in [2.24, 2.45) is 5.73 Å². The van der Waals surface area contributed by atoms with Gasteiger partial charge in [0, 0.05) is 31.4 Å². The molecule has 0 saturated carbocycles. The number of anilines is 1. The topological polar surface area (TPSA) is 102 Å². The smallest absolute Gasteiger partial charge is 0.321 e. The van der Waals surface area contributed by atoms with Crippen molar-refractivity contribution in [3.8, 4) is 0 Å². The van der Waals surface area contributed by atoms with Gasteiger partial charge < -0.3 is 16.0 Å². The minimum Gasteiger partial charge on any atom is -0.330 e. The highest BCUT2D eigenvalue weighted by Crippen LogP contribution is 2.17. The van der Waals surface area contributed by atoms with Gasteiger partial charge in [-0.25, -0.2) is 4.79 Å². The van der Waals surface area contributed by atoms with Gasteiger partial charge in [0.25, 0.3) is 5.69 Å². The minimum atomic E-state index is -0.506. The molecule has 0 aromatic heterocycles. The van der Waals surface area contributed by atoms with Crippen molar-refractivity contribution in [2.75, 3.05) is 25.5 Å². The molecule has 0 atom stereocenters. The molecule has 0 aliphatic heterocycles. The molecule has 1 aromatic rings. The number of nitro benzene ring substituents is 1. The van der Waals surface area contributed by atoms with Crippen LogP contribution in [-0.2, 0) is 0 Å². The van der Waals surface area contributed by atoms with Crippen LogP contribution in [0.1, 0.15) is 6.42 Å². The standard InChI is InChI=1S/C11H16N4O3/c1-14(7-3-6-12)11(16)13-9-4-2-5-10(8-9)15(17)18/h2,4-5,8H,3,6-7,12H2,1H3,(H,13,16). The van der Waals surface area contributed by atoms with E-state index in [1.807, 2.05) is 0 Å². The fraction of sp³-hybridized carbons (Fsp3) is 0.364. The van der Waals surface area contributed by atoms with Crippen LogP contribution in [0.3, 0.4) is 0 Å². The van der Waals surface area contributed by atoms with Crippen LogP contribution < -0.4 is 11.1 Å². The van der Waals surface area contributed by atoms with Crippen molar-refractivity contribution in [3.63, 3.8) is 0 Å². The van der Waals surface area contributed by atoms with Crippen LogP contribution in [0.5, 0.6) is 0 Å². The molecule has 0 unspecified atom stereocenters. The zero-order chi connectivity index (χ0) is 13.5. The lowest BCUT2D eigenvalue weighted by Gasteiger charge is -2.17. The average Bonchev–Trinajstić information content (AvgIpc) is 2.36. The number of urea groups is 1. The molecule has 0 bridgehead atoms. The third-order valence-electron chi connectivity index (χ3n) is 2.35. The number of hydrogen-bond donors (Lipinski definition) is 2. The van der Waals surface area contributed by atoms with Gasteiger partial charge in [-0.05, 0) is 19.0 Å². The Bertz CT molecular complexity index is 436. The molecule has 1 rings (SSSR count). The number of non-ortho nitro benzene ring substituents is 1. The average molecular weight is 252 g/mol. The molecule has 3 N–H and O–H groups in total. The highest BCUT2D eigenvalue weighted by molar-refractivity contribution is 5.89. The number of rotatable bonds is 5. The molecule has 0 radical (unpaired) electrons. The van der Waals surface area contributed by atoms with Crippen LogP contribution in [0.25, 0.3) is 0 Å². The summed E-state index contributed by atoms with van der Waals surface area (Å²) in [6.07, 6.45) is 0.707. The first kappa shape index (κ1) is 13.9. The van der Waals surface area contributed by atoms with E-state index in [1.165, 1.54) is 23.1 Å². The number of amides is 2. The number of carbonyl (C=O) groups is 1. The fourth-order valence-electron chi connectivity index (χ4n) is 1.35. The zero-order valence-corrected chi connectivity index (χ0v) is 10.1. The highest BCUT2D eigenvalue weighted by atomic mass is 16.6. The van der Waals surface area contributed by atoms with Gasteiger partial charge in [-0.2, -0.15) is 0 Å². The van der Waals surface area contributed by atoms with Gasteiger partial charge in [0.05, 0.1) is 4.92 Å². The van der Waals surface area contributed by atoms with Crippen molar-refractivity contribution < 1.29 is 9.72 Å². The molecule has 0 aliphatic carbocycles. The van der Waals surface area contributed by atoms with Gasteiger partial charge >= 0.3 is 6.03 Å². The summed E-state index contributed by atoms with van der Waals surface area (Å²) in [5, 5.41) is 13.2. The zero-order valence-electron chi connectivity index (χ0n) is 10.1. The van der Waals surface area contributed by atoms with Gasteiger partial charge in [-0.15, -0.1) is 0 Å². The molecule has 18 heavy (non-hydrogen) atoms. The van der Waals surface area contributed by atoms with E-state index in [2.05, 4.69) is 5.32 Å². The molecule has 2 amide bonds. The van der Waals surface area contributed by atoms with E-state index in [4.69, 9.17) is 5.73 Å². The Labute approximate surface area is 105 Å². The molecule has 7 nitrogen and oxygen atoms in total. The predicted molar refractivity (Wildman–Crippen MR) is 68.4 cm³/mol. The maximum atomic E-state index is 11.7. The van der Waals surface area contributed by atoms with E-state index in [-0.39, 0.29) is 11.7 Å². The summed E-state index contributed by atoms with van der Waals surface area (Å²) in [4.78, 5) is 23.3. The Morgan fingerprint density at radius 1 is 1.56 bits per heavy atom. The molecule has 1 aromatic carbocycles. The van der Waals surface area contributed by atoms with E-state index in [1.54, 1.807) is 13.1 Å². The lowest BCUT2D eigenvalue weighted by Crippen LogP contribution is -2.32. The second kappa shape index (κ2) is 6.55. The van der Waals surface area contributed by atoms with Gasteiger partial charge in [0.1, 0.15) is 0 Å². The van der Waals surface area contributed by atoms with Crippen molar-refractivity contribution in [3.05, 3.63) is 34.4 Å². The molecule has 0 heterocycles. The first-order chi connectivity index (χ1) is 8.54. The van der Waals surface area contributed by atoms with E-state index in [9.17, 15) is 14.9 Å². The van der Waals surface area contributed by atoms with Gasteiger partial charge in [0.15, 0.2) is 0 Å². The highest BCUT2D eigenvalue weighted by Gasteiger charge is 2.10. The molecular weight excluding hydrogens is 236 g/mol.